The summed E-state index contributed by atoms with van der Waals surface area (Å²) in [4.78, 5) is 27.4. The SMILES string of the molecule is COc1ccc2[nH]c(=O)c(CCNC(=O)c3ccccc3OC)cc2c1. The van der Waals surface area contributed by atoms with Gasteiger partial charge in [0, 0.05) is 23.0 Å². The Morgan fingerprint density at radius 1 is 1.08 bits per heavy atom. The number of methoxy groups -OCH3 is 2. The van der Waals surface area contributed by atoms with Crippen LogP contribution in [0.15, 0.2) is 53.3 Å². The molecule has 0 aliphatic rings. The molecular weight excluding hydrogens is 332 g/mol. The largest absolute Gasteiger partial charge is 0.497 e. The Morgan fingerprint density at radius 2 is 1.88 bits per heavy atom. The van der Waals surface area contributed by atoms with Crippen molar-refractivity contribution in [2.45, 2.75) is 6.42 Å². The van der Waals surface area contributed by atoms with Crippen LogP contribution in [0.5, 0.6) is 11.5 Å². The summed E-state index contributed by atoms with van der Waals surface area (Å²) in [5, 5.41) is 3.71. The lowest BCUT2D eigenvalue weighted by atomic mass is 10.1. The highest BCUT2D eigenvalue weighted by atomic mass is 16.5. The number of benzene rings is 2. The van der Waals surface area contributed by atoms with Crippen molar-refractivity contribution in [2.75, 3.05) is 20.8 Å². The highest BCUT2D eigenvalue weighted by Crippen LogP contribution is 2.19. The average molecular weight is 352 g/mol. The third-order valence-electron chi connectivity index (χ3n) is 4.16. The van der Waals surface area contributed by atoms with Crippen molar-refractivity contribution in [1.82, 2.24) is 10.3 Å². The number of carbonyl (C=O) groups excluding carboxylic acids is 1. The second-order valence-corrected chi connectivity index (χ2v) is 5.78. The summed E-state index contributed by atoms with van der Waals surface area (Å²) in [5.74, 6) is 1.00. The number of rotatable bonds is 6. The zero-order valence-corrected chi connectivity index (χ0v) is 14.7. The normalized spacial score (nSPS) is 10.5. The monoisotopic (exact) mass is 352 g/mol. The Bertz CT molecular complexity index is 995. The number of aromatic amines is 1. The van der Waals surface area contributed by atoms with Gasteiger partial charge in [-0.05, 0) is 42.8 Å². The van der Waals surface area contributed by atoms with Gasteiger partial charge in [0.05, 0.1) is 19.8 Å². The molecule has 134 valence electrons. The minimum atomic E-state index is -0.235. The number of nitrogens with one attached hydrogen (secondary N) is 2. The lowest BCUT2D eigenvalue weighted by molar-refractivity contribution is 0.0951. The van der Waals surface area contributed by atoms with Crippen LogP contribution < -0.4 is 20.3 Å². The van der Waals surface area contributed by atoms with E-state index in [0.717, 1.165) is 16.7 Å². The number of ether oxygens (including phenoxy) is 2. The predicted molar refractivity (Wildman–Crippen MR) is 100 cm³/mol. The highest BCUT2D eigenvalue weighted by Gasteiger charge is 2.11. The molecule has 0 radical (unpaired) electrons. The van der Waals surface area contributed by atoms with Gasteiger partial charge in [0.25, 0.3) is 11.5 Å². The van der Waals surface area contributed by atoms with Crippen LogP contribution in [0.2, 0.25) is 0 Å². The van der Waals surface area contributed by atoms with Crippen molar-refractivity contribution in [3.63, 3.8) is 0 Å². The van der Waals surface area contributed by atoms with E-state index >= 15 is 0 Å². The maximum Gasteiger partial charge on any atom is 0.255 e. The van der Waals surface area contributed by atoms with Gasteiger partial charge in [-0.3, -0.25) is 9.59 Å². The number of H-pyrrole nitrogens is 1. The van der Waals surface area contributed by atoms with E-state index in [4.69, 9.17) is 9.47 Å². The van der Waals surface area contributed by atoms with Crippen molar-refractivity contribution in [3.8, 4) is 11.5 Å². The van der Waals surface area contributed by atoms with E-state index in [1.807, 2.05) is 18.2 Å². The molecular formula is C20H20N2O4. The van der Waals surface area contributed by atoms with E-state index in [2.05, 4.69) is 10.3 Å². The molecule has 0 spiro atoms. The minimum absolute atomic E-state index is 0.158. The fourth-order valence-corrected chi connectivity index (χ4v) is 2.78. The molecule has 1 heterocycles. The second-order valence-electron chi connectivity index (χ2n) is 5.78. The lowest BCUT2D eigenvalue weighted by Crippen LogP contribution is -2.27. The molecule has 0 bridgehead atoms. The molecule has 3 rings (SSSR count). The number of amides is 1. The van der Waals surface area contributed by atoms with E-state index in [-0.39, 0.29) is 11.5 Å². The first-order valence-corrected chi connectivity index (χ1v) is 8.23. The summed E-state index contributed by atoms with van der Waals surface area (Å²) in [6.07, 6.45) is 0.420. The maximum absolute atomic E-state index is 12.3. The number of hydrogen-bond donors (Lipinski definition) is 2. The number of hydrogen-bond acceptors (Lipinski definition) is 4. The Labute approximate surface area is 150 Å². The minimum Gasteiger partial charge on any atom is -0.497 e. The van der Waals surface area contributed by atoms with Crippen LogP contribution in [0, 0.1) is 0 Å². The fourth-order valence-electron chi connectivity index (χ4n) is 2.78. The molecule has 26 heavy (non-hydrogen) atoms. The van der Waals surface area contributed by atoms with E-state index in [9.17, 15) is 9.59 Å². The van der Waals surface area contributed by atoms with Gasteiger partial charge in [0.15, 0.2) is 0 Å². The van der Waals surface area contributed by atoms with Gasteiger partial charge < -0.3 is 19.8 Å². The molecule has 0 atom stereocenters. The van der Waals surface area contributed by atoms with Crippen LogP contribution in [-0.2, 0) is 6.42 Å². The zero-order valence-electron chi connectivity index (χ0n) is 14.7. The van der Waals surface area contributed by atoms with Crippen molar-refractivity contribution in [3.05, 3.63) is 70.0 Å². The summed E-state index contributed by atoms with van der Waals surface area (Å²) in [6.45, 7) is 0.343. The van der Waals surface area contributed by atoms with Gasteiger partial charge in [-0.15, -0.1) is 0 Å². The van der Waals surface area contributed by atoms with Crippen molar-refractivity contribution >= 4 is 16.8 Å². The van der Waals surface area contributed by atoms with Crippen LogP contribution in [0.4, 0.5) is 0 Å². The molecule has 6 heteroatoms. The molecule has 0 fully saturated rings. The third kappa shape index (κ3) is 3.69. The topological polar surface area (TPSA) is 80.4 Å². The first kappa shape index (κ1) is 17.5. The molecule has 1 aromatic heterocycles. The number of carbonyl (C=O) groups is 1. The van der Waals surface area contributed by atoms with Gasteiger partial charge in [-0.2, -0.15) is 0 Å². The zero-order chi connectivity index (χ0) is 18.5. The number of para-hydroxylation sites is 1. The smallest absolute Gasteiger partial charge is 0.255 e. The first-order valence-electron chi connectivity index (χ1n) is 8.23. The summed E-state index contributed by atoms with van der Waals surface area (Å²) in [6, 6.07) is 14.3. The number of pyridine rings is 1. The molecule has 2 aromatic carbocycles. The lowest BCUT2D eigenvalue weighted by Gasteiger charge is -2.09. The van der Waals surface area contributed by atoms with E-state index in [1.54, 1.807) is 37.4 Å². The first-order chi connectivity index (χ1) is 12.6. The fraction of sp³-hybridized carbons (Fsp3) is 0.200. The predicted octanol–water partition coefficient (Wildman–Crippen LogP) is 2.52. The van der Waals surface area contributed by atoms with Gasteiger partial charge >= 0.3 is 0 Å². The Balaban J connectivity index is 1.72. The molecule has 0 saturated carbocycles. The number of fused-ring (bicyclic) bond motifs is 1. The summed E-state index contributed by atoms with van der Waals surface area (Å²) in [5.41, 5.74) is 1.66. The third-order valence-corrected chi connectivity index (χ3v) is 4.16. The molecule has 2 N–H and O–H groups in total. The van der Waals surface area contributed by atoms with Gasteiger partial charge in [-0.1, -0.05) is 12.1 Å². The van der Waals surface area contributed by atoms with Crippen LogP contribution in [0.1, 0.15) is 15.9 Å². The van der Waals surface area contributed by atoms with Crippen LogP contribution in [0.25, 0.3) is 10.9 Å². The molecule has 3 aromatic rings. The highest BCUT2D eigenvalue weighted by molar-refractivity contribution is 5.96. The standard InChI is InChI=1S/C20H20N2O4/c1-25-15-7-8-17-14(12-15)11-13(19(23)22-17)9-10-21-20(24)16-5-3-4-6-18(16)26-2/h3-8,11-12H,9-10H2,1-2H3,(H,21,24)(H,22,23). The summed E-state index contributed by atoms with van der Waals surface area (Å²) in [7, 11) is 3.12. The van der Waals surface area contributed by atoms with Gasteiger partial charge in [0.2, 0.25) is 0 Å². The van der Waals surface area contributed by atoms with E-state index in [0.29, 0.717) is 29.8 Å². The van der Waals surface area contributed by atoms with Crippen LogP contribution in [0.3, 0.4) is 0 Å². The second kappa shape index (κ2) is 7.74. The van der Waals surface area contributed by atoms with Crippen molar-refractivity contribution in [1.29, 1.82) is 0 Å². The summed E-state index contributed by atoms with van der Waals surface area (Å²) < 4.78 is 10.4. The number of aromatic nitrogens is 1. The summed E-state index contributed by atoms with van der Waals surface area (Å²) >= 11 is 0. The average Bonchev–Trinajstić information content (AvgIpc) is 2.67. The molecule has 6 nitrogen and oxygen atoms in total. The molecule has 0 aliphatic heterocycles. The van der Waals surface area contributed by atoms with E-state index < -0.39 is 0 Å². The van der Waals surface area contributed by atoms with Gasteiger partial charge in [0.1, 0.15) is 11.5 Å². The Morgan fingerprint density at radius 3 is 2.65 bits per heavy atom. The Hall–Kier alpha value is -3.28. The van der Waals surface area contributed by atoms with Gasteiger partial charge in [-0.25, -0.2) is 0 Å². The molecule has 0 unspecified atom stereocenters. The van der Waals surface area contributed by atoms with E-state index in [1.165, 1.54) is 7.11 Å². The maximum atomic E-state index is 12.3. The van der Waals surface area contributed by atoms with Crippen molar-refractivity contribution < 1.29 is 14.3 Å². The molecule has 0 aliphatic carbocycles. The molecule has 1 amide bonds. The molecule has 0 saturated heterocycles. The van der Waals surface area contributed by atoms with Crippen LogP contribution >= 0.6 is 0 Å². The van der Waals surface area contributed by atoms with Crippen molar-refractivity contribution in [2.24, 2.45) is 0 Å². The quantitative estimate of drug-likeness (QED) is 0.714. The van der Waals surface area contributed by atoms with Crippen LogP contribution in [-0.4, -0.2) is 31.7 Å². The Kier molecular flexibility index (Phi) is 5.22.